The molecule has 4 aliphatic rings. The number of halogens is 2. The van der Waals surface area contributed by atoms with Crippen LogP contribution >= 0.6 is 39.0 Å². The van der Waals surface area contributed by atoms with E-state index >= 15 is 0 Å². The van der Waals surface area contributed by atoms with Gasteiger partial charge >= 0.3 is 4.87 Å². The van der Waals surface area contributed by atoms with Crippen molar-refractivity contribution in [2.24, 2.45) is 29.6 Å². The third kappa shape index (κ3) is 5.01. The Morgan fingerprint density at radius 2 is 1.74 bits per heavy atom. The van der Waals surface area contributed by atoms with Gasteiger partial charge in [0.25, 0.3) is 5.91 Å². The van der Waals surface area contributed by atoms with Crippen LogP contribution in [0, 0.1) is 35.4 Å². The summed E-state index contributed by atoms with van der Waals surface area (Å²) in [7, 11) is 1.57. The molecule has 2 aliphatic carbocycles. The number of rotatable bonds is 7. The van der Waals surface area contributed by atoms with Gasteiger partial charge < -0.3 is 19.8 Å². The van der Waals surface area contributed by atoms with Crippen molar-refractivity contribution < 1.29 is 28.2 Å². The fourth-order valence-electron chi connectivity index (χ4n) is 8.12. The largest absolute Gasteiger partial charge is 0.497 e. The first-order valence-corrected chi connectivity index (χ1v) is 17.6. The number of fused-ring (bicyclic) bond motifs is 9. The maximum Gasteiger partial charge on any atom is 0.305 e. The number of thiazole rings is 1. The number of methoxy groups -OCH3 is 1. The molecular formula is C34H27BrFN3O6S2. The number of thioether (sulfide) groups is 1. The molecule has 47 heavy (non-hydrogen) atoms. The maximum atomic E-state index is 14.0. The van der Waals surface area contributed by atoms with Gasteiger partial charge in [-0.3, -0.25) is 24.1 Å². The summed E-state index contributed by atoms with van der Waals surface area (Å²) in [5.74, 6) is -1.66. The minimum atomic E-state index is -0.508. The average Bonchev–Trinajstić information content (AvgIpc) is 3.80. The third-order valence-corrected chi connectivity index (χ3v) is 12.9. The second-order valence-corrected chi connectivity index (χ2v) is 15.3. The van der Waals surface area contributed by atoms with Gasteiger partial charge in [-0.2, -0.15) is 0 Å². The molecule has 13 heteroatoms. The van der Waals surface area contributed by atoms with Gasteiger partial charge in [-0.1, -0.05) is 27.3 Å². The van der Waals surface area contributed by atoms with Crippen LogP contribution in [0.25, 0.3) is 0 Å². The van der Waals surface area contributed by atoms with E-state index < -0.39 is 17.7 Å². The number of carbonyl (C=O) groups is 3. The third-order valence-electron chi connectivity index (χ3n) is 9.85. The van der Waals surface area contributed by atoms with Crippen LogP contribution in [-0.4, -0.2) is 41.7 Å². The maximum absolute atomic E-state index is 14.0. The Kier molecular flexibility index (Phi) is 7.53. The van der Waals surface area contributed by atoms with Crippen LogP contribution in [0.3, 0.4) is 0 Å². The molecule has 4 aromatic rings. The molecular weight excluding hydrogens is 709 g/mol. The fraction of sp³-hybridized carbons (Fsp3) is 0.294. The summed E-state index contributed by atoms with van der Waals surface area (Å²) in [4.78, 5) is 58.4. The standard InChI is InChI=1S/C34H27BrFN3O6S2/c1-44-19-9-5-17(6-10-19)37-24(40)14-45-23-11-2-15(35)12-20(23)25-26-21-13-22(29(26)46-31-30(25)47-34(43)38-31)28-27(21)32(41)39(33(28)42)18-7-3-16(36)4-8-18/h2-12,21-22,25-29H,13-14H2,1H3,(H,37,40)(H,38,43)/t21-,22-,25+,26-,27+,28+,29-/m1/s1. The second kappa shape index (κ2) is 11.6. The number of hydrogen-bond donors (Lipinski definition) is 2. The van der Waals surface area contributed by atoms with Crippen LogP contribution in [0.4, 0.5) is 15.8 Å². The highest BCUT2D eigenvalue weighted by atomic mass is 79.9. The lowest BCUT2D eigenvalue weighted by Gasteiger charge is -2.43. The minimum Gasteiger partial charge on any atom is -0.497 e. The van der Waals surface area contributed by atoms with Crippen molar-refractivity contribution in [3.8, 4) is 11.5 Å². The van der Waals surface area contributed by atoms with Gasteiger partial charge in [0.1, 0.15) is 17.3 Å². The van der Waals surface area contributed by atoms with Gasteiger partial charge in [0, 0.05) is 31.8 Å². The minimum absolute atomic E-state index is 0.0286. The SMILES string of the molecule is COc1ccc(NC(=O)COc2ccc(Br)cc2[C@@H]2c3sc(=O)[nH]c3S[C@@H]3[C@@H]4C[C@@H]([C@@H]5C(=O)N(c6ccc(F)cc6)C(=O)[C@@H]45)[C@H]23)cc1. The Hall–Kier alpha value is -3.94. The van der Waals surface area contributed by atoms with Crippen LogP contribution in [-0.2, 0) is 14.4 Å². The molecule has 1 aromatic heterocycles. The molecule has 7 atom stereocenters. The first kappa shape index (κ1) is 30.4. The zero-order chi connectivity index (χ0) is 32.6. The number of amides is 3. The average molecular weight is 737 g/mol. The molecule has 2 saturated carbocycles. The highest BCUT2D eigenvalue weighted by Gasteiger charge is 2.69. The molecule has 2 aliphatic heterocycles. The predicted octanol–water partition coefficient (Wildman–Crippen LogP) is 6.04. The molecule has 0 radical (unpaired) electrons. The molecule has 3 aromatic carbocycles. The van der Waals surface area contributed by atoms with E-state index in [4.69, 9.17) is 9.47 Å². The second-order valence-electron chi connectivity index (χ2n) is 12.2. The van der Waals surface area contributed by atoms with Crippen molar-refractivity contribution >= 4 is 68.1 Å². The smallest absolute Gasteiger partial charge is 0.305 e. The molecule has 240 valence electrons. The number of imide groups is 1. The molecule has 8 rings (SSSR count). The van der Waals surface area contributed by atoms with E-state index in [0.29, 0.717) is 22.9 Å². The topological polar surface area (TPSA) is 118 Å². The number of H-pyrrole nitrogens is 1. The number of aromatic nitrogens is 1. The van der Waals surface area contributed by atoms with Gasteiger partial charge in [0.15, 0.2) is 6.61 Å². The molecule has 0 unspecified atom stereocenters. The van der Waals surface area contributed by atoms with E-state index in [1.54, 1.807) is 43.1 Å². The quantitative estimate of drug-likeness (QED) is 0.222. The molecule has 0 spiro atoms. The number of benzene rings is 3. The number of carbonyl (C=O) groups excluding carboxylic acids is 3. The Morgan fingerprint density at radius 3 is 2.47 bits per heavy atom. The molecule has 3 amide bonds. The van der Waals surface area contributed by atoms with Crippen molar-refractivity contribution in [1.29, 1.82) is 0 Å². The lowest BCUT2D eigenvalue weighted by Crippen LogP contribution is -2.42. The van der Waals surface area contributed by atoms with Crippen LogP contribution in [0.1, 0.15) is 22.8 Å². The summed E-state index contributed by atoms with van der Waals surface area (Å²) in [6.45, 7) is -0.247. The van der Waals surface area contributed by atoms with Crippen molar-refractivity contribution in [2.75, 3.05) is 23.9 Å². The Labute approximate surface area is 285 Å². The molecule has 3 fully saturated rings. The van der Waals surface area contributed by atoms with E-state index in [1.165, 1.54) is 29.2 Å². The van der Waals surface area contributed by atoms with E-state index in [2.05, 4.69) is 26.2 Å². The first-order valence-electron chi connectivity index (χ1n) is 15.1. The van der Waals surface area contributed by atoms with E-state index in [0.717, 1.165) is 37.7 Å². The summed E-state index contributed by atoms with van der Waals surface area (Å²) in [5, 5.41) is 3.58. The van der Waals surface area contributed by atoms with Crippen molar-refractivity contribution in [3.63, 3.8) is 0 Å². The normalized spacial score (nSPS) is 27.0. The summed E-state index contributed by atoms with van der Waals surface area (Å²) in [5.41, 5.74) is 1.78. The summed E-state index contributed by atoms with van der Waals surface area (Å²) in [6, 6.07) is 18.0. The van der Waals surface area contributed by atoms with Crippen LogP contribution in [0.5, 0.6) is 11.5 Å². The number of hydrogen-bond acceptors (Lipinski definition) is 8. The summed E-state index contributed by atoms with van der Waals surface area (Å²) < 4.78 is 25.9. The van der Waals surface area contributed by atoms with Gasteiger partial charge in [-0.25, -0.2) is 4.39 Å². The molecule has 9 nitrogen and oxygen atoms in total. The zero-order valence-corrected chi connectivity index (χ0v) is 28.0. The predicted molar refractivity (Wildman–Crippen MR) is 179 cm³/mol. The summed E-state index contributed by atoms with van der Waals surface area (Å²) in [6.07, 6.45) is 0.719. The van der Waals surface area contributed by atoms with Gasteiger partial charge in [0.2, 0.25) is 11.8 Å². The number of ether oxygens (including phenoxy) is 2. The molecule has 1 saturated heterocycles. The summed E-state index contributed by atoms with van der Waals surface area (Å²) >= 11 is 6.35. The van der Waals surface area contributed by atoms with E-state index in [9.17, 15) is 23.6 Å². The molecule has 2 N–H and O–H groups in total. The van der Waals surface area contributed by atoms with Crippen molar-refractivity contribution in [3.05, 3.63) is 97.1 Å². The highest BCUT2D eigenvalue weighted by molar-refractivity contribution is 9.10. The highest BCUT2D eigenvalue weighted by Crippen LogP contribution is 2.69. The van der Waals surface area contributed by atoms with Gasteiger partial charge in [0.05, 0.1) is 29.7 Å². The number of aromatic amines is 1. The van der Waals surface area contributed by atoms with Gasteiger partial charge in [-0.15, -0.1) is 11.8 Å². The number of nitrogens with zero attached hydrogens (tertiary/aromatic N) is 1. The fourth-order valence-corrected chi connectivity index (χ4v) is 11.4. The molecule has 2 bridgehead atoms. The van der Waals surface area contributed by atoms with Crippen LogP contribution in [0.2, 0.25) is 0 Å². The lowest BCUT2D eigenvalue weighted by molar-refractivity contribution is -0.123. The lowest BCUT2D eigenvalue weighted by atomic mass is 9.68. The number of nitrogens with one attached hydrogen (secondary N) is 2. The Morgan fingerprint density at radius 1 is 1.02 bits per heavy atom. The van der Waals surface area contributed by atoms with E-state index in [1.807, 2.05) is 18.2 Å². The monoisotopic (exact) mass is 735 g/mol. The van der Waals surface area contributed by atoms with E-state index in [-0.39, 0.29) is 58.1 Å². The Balaban J connectivity index is 1.12. The van der Waals surface area contributed by atoms with Crippen LogP contribution < -0.4 is 24.6 Å². The molecule has 3 heterocycles. The first-order chi connectivity index (χ1) is 22.7. The van der Waals surface area contributed by atoms with Crippen LogP contribution in [0.15, 0.2) is 81.0 Å². The Bertz CT molecular complexity index is 1980. The van der Waals surface area contributed by atoms with Crippen molar-refractivity contribution in [1.82, 2.24) is 4.98 Å². The number of anilines is 2. The van der Waals surface area contributed by atoms with Gasteiger partial charge in [-0.05, 0) is 90.9 Å². The van der Waals surface area contributed by atoms with Crippen molar-refractivity contribution in [2.45, 2.75) is 22.6 Å². The zero-order valence-electron chi connectivity index (χ0n) is 24.8.